The first-order valence-corrected chi connectivity index (χ1v) is 10.7. The van der Waals surface area contributed by atoms with Gasteiger partial charge >= 0.3 is 5.97 Å². The summed E-state index contributed by atoms with van der Waals surface area (Å²) in [6, 6.07) is 15.2. The number of carbonyl (C=O) groups is 1. The number of hydrogen-bond donors (Lipinski definition) is 0. The van der Waals surface area contributed by atoms with Gasteiger partial charge in [-0.05, 0) is 86.6 Å². The largest absolute Gasteiger partial charge is 0.494 e. The number of benzene rings is 2. The van der Waals surface area contributed by atoms with E-state index in [1.807, 2.05) is 48.5 Å². The summed E-state index contributed by atoms with van der Waals surface area (Å²) < 4.78 is 11.2. The van der Waals surface area contributed by atoms with Crippen LogP contribution in [-0.2, 0) is 4.79 Å². The zero-order chi connectivity index (χ0) is 20.5. The van der Waals surface area contributed by atoms with Gasteiger partial charge in [-0.15, -0.1) is 0 Å². The standard InChI is InChI=1S/C26H30O3/c1-3-19-28-24-15-9-21(10-16-24)5-6-22-11-17-25(18-12-22)29-26(27)23-13-7-20(4-2)8-14-23/h9-12,15-18,20,23H,3-4,7-8,13-14,19H2,1-2H3. The third kappa shape index (κ3) is 6.39. The summed E-state index contributed by atoms with van der Waals surface area (Å²) in [5, 5.41) is 0. The molecule has 0 heterocycles. The molecule has 0 aromatic heterocycles. The molecular formula is C26H30O3. The van der Waals surface area contributed by atoms with Crippen molar-refractivity contribution in [2.24, 2.45) is 11.8 Å². The summed E-state index contributed by atoms with van der Waals surface area (Å²) in [5.41, 5.74) is 1.83. The molecule has 1 aliphatic carbocycles. The summed E-state index contributed by atoms with van der Waals surface area (Å²) in [4.78, 5) is 12.4. The fourth-order valence-electron chi connectivity index (χ4n) is 3.61. The lowest BCUT2D eigenvalue weighted by Gasteiger charge is -2.26. The van der Waals surface area contributed by atoms with Gasteiger partial charge < -0.3 is 9.47 Å². The third-order valence-corrected chi connectivity index (χ3v) is 5.51. The number of ether oxygens (including phenoxy) is 2. The van der Waals surface area contributed by atoms with E-state index in [0.717, 1.165) is 61.5 Å². The van der Waals surface area contributed by atoms with Crippen LogP contribution in [0.2, 0.25) is 0 Å². The molecule has 152 valence electrons. The molecule has 0 bridgehead atoms. The van der Waals surface area contributed by atoms with Crippen LogP contribution in [-0.4, -0.2) is 12.6 Å². The van der Waals surface area contributed by atoms with Gasteiger partial charge in [0.1, 0.15) is 11.5 Å². The van der Waals surface area contributed by atoms with Gasteiger partial charge in [-0.2, -0.15) is 0 Å². The molecule has 0 spiro atoms. The van der Waals surface area contributed by atoms with E-state index in [1.54, 1.807) is 0 Å². The van der Waals surface area contributed by atoms with Crippen molar-refractivity contribution in [3.05, 3.63) is 59.7 Å². The Morgan fingerprint density at radius 2 is 1.41 bits per heavy atom. The Morgan fingerprint density at radius 3 is 1.93 bits per heavy atom. The highest BCUT2D eigenvalue weighted by Gasteiger charge is 2.26. The third-order valence-electron chi connectivity index (χ3n) is 5.51. The summed E-state index contributed by atoms with van der Waals surface area (Å²) >= 11 is 0. The predicted molar refractivity (Wildman–Crippen MR) is 116 cm³/mol. The molecule has 29 heavy (non-hydrogen) atoms. The second-order valence-electron chi connectivity index (χ2n) is 7.69. The highest BCUT2D eigenvalue weighted by atomic mass is 16.5. The van der Waals surface area contributed by atoms with Crippen LogP contribution < -0.4 is 9.47 Å². The predicted octanol–water partition coefficient (Wildman–Crippen LogP) is 6.00. The van der Waals surface area contributed by atoms with Gasteiger partial charge in [-0.1, -0.05) is 32.1 Å². The molecule has 1 aliphatic rings. The molecule has 0 atom stereocenters. The van der Waals surface area contributed by atoms with E-state index < -0.39 is 0 Å². The summed E-state index contributed by atoms with van der Waals surface area (Å²) in [6.07, 6.45) is 6.37. The average molecular weight is 391 g/mol. The molecule has 1 fully saturated rings. The van der Waals surface area contributed by atoms with Gasteiger partial charge in [0.05, 0.1) is 12.5 Å². The minimum Gasteiger partial charge on any atom is -0.494 e. The van der Waals surface area contributed by atoms with Crippen LogP contribution in [0.25, 0.3) is 0 Å². The van der Waals surface area contributed by atoms with Gasteiger partial charge in [0.2, 0.25) is 0 Å². The topological polar surface area (TPSA) is 35.5 Å². The Morgan fingerprint density at radius 1 is 0.862 bits per heavy atom. The first-order valence-electron chi connectivity index (χ1n) is 10.7. The minimum absolute atomic E-state index is 0.0431. The average Bonchev–Trinajstić information content (AvgIpc) is 2.78. The van der Waals surface area contributed by atoms with Crippen molar-refractivity contribution in [1.82, 2.24) is 0 Å². The number of rotatable bonds is 6. The van der Waals surface area contributed by atoms with Gasteiger partial charge in [-0.3, -0.25) is 4.79 Å². The first-order chi connectivity index (χ1) is 14.2. The van der Waals surface area contributed by atoms with E-state index in [1.165, 1.54) is 6.42 Å². The van der Waals surface area contributed by atoms with E-state index in [4.69, 9.17) is 9.47 Å². The molecule has 2 aromatic carbocycles. The Kier molecular flexibility index (Phi) is 7.76. The summed E-state index contributed by atoms with van der Waals surface area (Å²) in [6.45, 7) is 5.04. The number of esters is 1. The van der Waals surface area contributed by atoms with Crippen molar-refractivity contribution in [1.29, 1.82) is 0 Å². The van der Waals surface area contributed by atoms with Gasteiger partial charge in [0.15, 0.2) is 0 Å². The molecule has 0 radical (unpaired) electrons. The maximum Gasteiger partial charge on any atom is 0.314 e. The first kappa shape index (κ1) is 21.0. The number of carbonyl (C=O) groups excluding carboxylic acids is 1. The molecule has 3 rings (SSSR count). The van der Waals surface area contributed by atoms with Crippen LogP contribution in [0.5, 0.6) is 11.5 Å². The van der Waals surface area contributed by atoms with E-state index in [-0.39, 0.29) is 11.9 Å². The quantitative estimate of drug-likeness (QED) is 0.345. The van der Waals surface area contributed by atoms with Gasteiger partial charge in [-0.25, -0.2) is 0 Å². The van der Waals surface area contributed by atoms with Crippen molar-refractivity contribution < 1.29 is 14.3 Å². The second kappa shape index (κ2) is 10.7. The van der Waals surface area contributed by atoms with Gasteiger partial charge in [0, 0.05) is 11.1 Å². The molecule has 0 amide bonds. The summed E-state index contributed by atoms with van der Waals surface area (Å²) in [7, 11) is 0. The maximum absolute atomic E-state index is 12.4. The van der Waals surface area contributed by atoms with E-state index in [0.29, 0.717) is 5.75 Å². The molecule has 0 unspecified atom stereocenters. The lowest BCUT2D eigenvalue weighted by Crippen LogP contribution is -2.25. The van der Waals surface area contributed by atoms with E-state index in [2.05, 4.69) is 25.7 Å². The van der Waals surface area contributed by atoms with Gasteiger partial charge in [0.25, 0.3) is 0 Å². The van der Waals surface area contributed by atoms with Crippen molar-refractivity contribution >= 4 is 5.97 Å². The second-order valence-corrected chi connectivity index (χ2v) is 7.69. The van der Waals surface area contributed by atoms with Crippen LogP contribution in [0.15, 0.2) is 48.5 Å². The lowest BCUT2D eigenvalue weighted by molar-refractivity contribution is -0.140. The minimum atomic E-state index is -0.0937. The van der Waals surface area contributed by atoms with Crippen molar-refractivity contribution in [2.75, 3.05) is 6.61 Å². The molecule has 0 N–H and O–H groups in total. The normalized spacial score (nSPS) is 18.4. The highest BCUT2D eigenvalue weighted by molar-refractivity contribution is 5.75. The Bertz CT molecular complexity index is 832. The van der Waals surface area contributed by atoms with E-state index >= 15 is 0 Å². The molecule has 3 heteroatoms. The van der Waals surface area contributed by atoms with Crippen LogP contribution >= 0.6 is 0 Å². The molecular weight excluding hydrogens is 360 g/mol. The zero-order valence-electron chi connectivity index (χ0n) is 17.4. The highest BCUT2D eigenvalue weighted by Crippen LogP contribution is 2.31. The van der Waals surface area contributed by atoms with Crippen LogP contribution in [0.3, 0.4) is 0 Å². The van der Waals surface area contributed by atoms with Crippen molar-refractivity contribution in [3.8, 4) is 23.3 Å². The Hall–Kier alpha value is -2.73. The van der Waals surface area contributed by atoms with Crippen LogP contribution in [0, 0.1) is 23.7 Å². The Labute approximate surface area is 174 Å². The molecule has 2 aromatic rings. The monoisotopic (exact) mass is 390 g/mol. The molecule has 0 saturated heterocycles. The molecule has 0 aliphatic heterocycles. The zero-order valence-corrected chi connectivity index (χ0v) is 17.4. The lowest BCUT2D eigenvalue weighted by atomic mass is 9.81. The van der Waals surface area contributed by atoms with Crippen LogP contribution in [0.1, 0.15) is 63.5 Å². The molecule has 1 saturated carbocycles. The maximum atomic E-state index is 12.4. The van der Waals surface area contributed by atoms with E-state index in [9.17, 15) is 4.79 Å². The smallest absolute Gasteiger partial charge is 0.314 e. The SMILES string of the molecule is CCCOc1ccc(C#Cc2ccc(OC(=O)C3CCC(CC)CC3)cc2)cc1. The van der Waals surface area contributed by atoms with Crippen molar-refractivity contribution in [3.63, 3.8) is 0 Å². The van der Waals surface area contributed by atoms with Crippen molar-refractivity contribution in [2.45, 2.75) is 52.4 Å². The fourth-order valence-corrected chi connectivity index (χ4v) is 3.61. The summed E-state index contributed by atoms with van der Waals surface area (Å²) in [5.74, 6) is 8.48. The van der Waals surface area contributed by atoms with Crippen LogP contribution in [0.4, 0.5) is 0 Å². The fraction of sp³-hybridized carbons (Fsp3) is 0.423. The number of hydrogen-bond acceptors (Lipinski definition) is 3. The Balaban J connectivity index is 1.53. The molecule has 3 nitrogen and oxygen atoms in total.